The van der Waals surface area contributed by atoms with Crippen molar-refractivity contribution in [2.45, 2.75) is 25.9 Å². The summed E-state index contributed by atoms with van der Waals surface area (Å²) in [6.45, 7) is 2.21. The Labute approximate surface area is 89.3 Å². The van der Waals surface area contributed by atoms with Gasteiger partial charge in [0.15, 0.2) is 0 Å². The summed E-state index contributed by atoms with van der Waals surface area (Å²) >= 11 is 0. The molecule has 1 heterocycles. The molecule has 1 aromatic rings. The Bertz CT molecular complexity index is 299. The molecule has 0 radical (unpaired) electrons. The van der Waals surface area contributed by atoms with Gasteiger partial charge >= 0.3 is 0 Å². The number of hydrogen-bond acceptors (Lipinski definition) is 3. The molecule has 0 bridgehead atoms. The number of carbonyl (C=O) groups is 1. The molecule has 0 aliphatic heterocycles. The molecule has 1 atom stereocenters. The molecule has 0 spiro atoms. The van der Waals surface area contributed by atoms with Crippen molar-refractivity contribution in [2.75, 3.05) is 6.54 Å². The SMILES string of the molecule is CC(O)CCNC(=O)Cc1cccnc1. The van der Waals surface area contributed by atoms with Crippen LogP contribution in [0.2, 0.25) is 0 Å². The van der Waals surface area contributed by atoms with Gasteiger partial charge in [-0.1, -0.05) is 6.07 Å². The van der Waals surface area contributed by atoms with Crippen LogP contribution in [-0.2, 0) is 11.2 Å². The fourth-order valence-electron chi connectivity index (χ4n) is 1.17. The number of nitrogens with one attached hydrogen (secondary N) is 1. The Morgan fingerprint density at radius 3 is 3.07 bits per heavy atom. The van der Waals surface area contributed by atoms with Crippen molar-refractivity contribution >= 4 is 5.91 Å². The summed E-state index contributed by atoms with van der Waals surface area (Å²) in [5.41, 5.74) is 0.895. The van der Waals surface area contributed by atoms with Crippen LogP contribution < -0.4 is 5.32 Å². The summed E-state index contributed by atoms with van der Waals surface area (Å²) in [6, 6.07) is 3.67. The third-order valence-electron chi connectivity index (χ3n) is 1.97. The minimum absolute atomic E-state index is 0.0383. The van der Waals surface area contributed by atoms with E-state index in [1.807, 2.05) is 6.07 Å². The number of aliphatic hydroxyl groups excluding tert-OH is 1. The van der Waals surface area contributed by atoms with Crippen molar-refractivity contribution in [3.63, 3.8) is 0 Å². The molecule has 1 aromatic heterocycles. The molecule has 0 fully saturated rings. The average molecular weight is 208 g/mol. The summed E-state index contributed by atoms with van der Waals surface area (Å²) < 4.78 is 0. The fourth-order valence-corrected chi connectivity index (χ4v) is 1.17. The first kappa shape index (κ1) is 11.7. The lowest BCUT2D eigenvalue weighted by molar-refractivity contribution is -0.120. The number of pyridine rings is 1. The van der Waals surface area contributed by atoms with Gasteiger partial charge in [-0.15, -0.1) is 0 Å². The summed E-state index contributed by atoms with van der Waals surface area (Å²) in [5.74, 6) is -0.0383. The van der Waals surface area contributed by atoms with E-state index in [-0.39, 0.29) is 12.0 Å². The summed E-state index contributed by atoms with van der Waals surface area (Å²) in [5, 5.41) is 11.7. The lowest BCUT2D eigenvalue weighted by Crippen LogP contribution is -2.27. The van der Waals surface area contributed by atoms with Gasteiger partial charge in [-0.2, -0.15) is 0 Å². The molecule has 0 saturated carbocycles. The monoisotopic (exact) mass is 208 g/mol. The van der Waals surface area contributed by atoms with Crippen LogP contribution in [0.25, 0.3) is 0 Å². The Kier molecular flexibility index (Phi) is 4.77. The molecule has 0 saturated heterocycles. The molecular formula is C11H16N2O2. The van der Waals surface area contributed by atoms with E-state index in [1.54, 1.807) is 25.4 Å². The third-order valence-corrected chi connectivity index (χ3v) is 1.97. The molecule has 4 nitrogen and oxygen atoms in total. The highest BCUT2D eigenvalue weighted by atomic mass is 16.3. The van der Waals surface area contributed by atoms with Crippen LogP contribution in [-0.4, -0.2) is 28.6 Å². The zero-order valence-corrected chi connectivity index (χ0v) is 8.81. The van der Waals surface area contributed by atoms with Gasteiger partial charge < -0.3 is 10.4 Å². The zero-order chi connectivity index (χ0) is 11.1. The van der Waals surface area contributed by atoms with E-state index >= 15 is 0 Å². The van der Waals surface area contributed by atoms with Crippen molar-refractivity contribution in [3.8, 4) is 0 Å². The normalized spacial score (nSPS) is 12.1. The number of aliphatic hydroxyl groups is 1. The minimum Gasteiger partial charge on any atom is -0.393 e. The maximum Gasteiger partial charge on any atom is 0.224 e. The maximum atomic E-state index is 11.4. The first-order chi connectivity index (χ1) is 7.18. The van der Waals surface area contributed by atoms with Crippen LogP contribution in [0.15, 0.2) is 24.5 Å². The van der Waals surface area contributed by atoms with E-state index in [9.17, 15) is 4.79 Å². The number of carbonyl (C=O) groups excluding carboxylic acids is 1. The molecule has 0 aromatic carbocycles. The molecule has 4 heteroatoms. The van der Waals surface area contributed by atoms with Crippen LogP contribution in [0, 0.1) is 0 Å². The number of amides is 1. The molecule has 1 amide bonds. The Morgan fingerprint density at radius 2 is 2.47 bits per heavy atom. The lowest BCUT2D eigenvalue weighted by Gasteiger charge is -2.06. The number of hydrogen-bond donors (Lipinski definition) is 2. The molecule has 0 aliphatic rings. The first-order valence-electron chi connectivity index (χ1n) is 5.02. The average Bonchev–Trinajstić information content (AvgIpc) is 2.18. The zero-order valence-electron chi connectivity index (χ0n) is 8.81. The Morgan fingerprint density at radius 1 is 1.67 bits per heavy atom. The van der Waals surface area contributed by atoms with Crippen molar-refractivity contribution in [2.24, 2.45) is 0 Å². The highest BCUT2D eigenvalue weighted by molar-refractivity contribution is 5.78. The van der Waals surface area contributed by atoms with Gasteiger partial charge in [-0.3, -0.25) is 9.78 Å². The highest BCUT2D eigenvalue weighted by Gasteiger charge is 2.03. The summed E-state index contributed by atoms with van der Waals surface area (Å²) in [7, 11) is 0. The second-order valence-corrected chi connectivity index (χ2v) is 3.53. The van der Waals surface area contributed by atoms with Gasteiger partial charge in [-0.25, -0.2) is 0 Å². The van der Waals surface area contributed by atoms with Crippen LogP contribution in [0.3, 0.4) is 0 Å². The van der Waals surface area contributed by atoms with Crippen molar-refractivity contribution in [3.05, 3.63) is 30.1 Å². The standard InChI is InChI=1S/C11H16N2O2/c1-9(14)4-6-13-11(15)7-10-3-2-5-12-8-10/h2-3,5,8-9,14H,4,6-7H2,1H3,(H,13,15). The second kappa shape index (κ2) is 6.14. The molecule has 82 valence electrons. The van der Waals surface area contributed by atoms with Gasteiger partial charge in [0, 0.05) is 18.9 Å². The van der Waals surface area contributed by atoms with Gasteiger partial charge in [0.2, 0.25) is 5.91 Å². The molecule has 1 rings (SSSR count). The molecule has 1 unspecified atom stereocenters. The van der Waals surface area contributed by atoms with Crippen LogP contribution in [0.1, 0.15) is 18.9 Å². The third kappa shape index (κ3) is 5.12. The molecule has 2 N–H and O–H groups in total. The van der Waals surface area contributed by atoms with Gasteiger partial charge in [0.05, 0.1) is 12.5 Å². The van der Waals surface area contributed by atoms with Gasteiger partial charge in [0.1, 0.15) is 0 Å². The maximum absolute atomic E-state index is 11.4. The largest absolute Gasteiger partial charge is 0.393 e. The van der Waals surface area contributed by atoms with Crippen LogP contribution in [0.4, 0.5) is 0 Å². The van der Waals surface area contributed by atoms with E-state index < -0.39 is 0 Å². The molecular weight excluding hydrogens is 192 g/mol. The molecule has 15 heavy (non-hydrogen) atoms. The van der Waals surface area contributed by atoms with Crippen LogP contribution in [0.5, 0.6) is 0 Å². The number of aromatic nitrogens is 1. The fraction of sp³-hybridized carbons (Fsp3) is 0.455. The number of rotatable bonds is 5. The first-order valence-corrected chi connectivity index (χ1v) is 5.02. The quantitative estimate of drug-likeness (QED) is 0.741. The topological polar surface area (TPSA) is 62.2 Å². The van der Waals surface area contributed by atoms with E-state index in [0.29, 0.717) is 19.4 Å². The van der Waals surface area contributed by atoms with E-state index in [2.05, 4.69) is 10.3 Å². The van der Waals surface area contributed by atoms with E-state index in [1.165, 1.54) is 0 Å². The van der Waals surface area contributed by atoms with Gasteiger partial charge in [-0.05, 0) is 25.0 Å². The predicted molar refractivity (Wildman–Crippen MR) is 57.2 cm³/mol. The molecule has 0 aliphatic carbocycles. The predicted octanol–water partition coefficient (Wildman–Crippen LogP) is 0.511. The second-order valence-electron chi connectivity index (χ2n) is 3.53. The number of nitrogens with zero attached hydrogens (tertiary/aromatic N) is 1. The van der Waals surface area contributed by atoms with E-state index in [0.717, 1.165) is 5.56 Å². The Balaban J connectivity index is 2.25. The summed E-state index contributed by atoms with van der Waals surface area (Å²) in [4.78, 5) is 15.3. The van der Waals surface area contributed by atoms with Crippen molar-refractivity contribution < 1.29 is 9.90 Å². The lowest BCUT2D eigenvalue weighted by atomic mass is 10.2. The van der Waals surface area contributed by atoms with Crippen molar-refractivity contribution in [1.82, 2.24) is 10.3 Å². The van der Waals surface area contributed by atoms with E-state index in [4.69, 9.17) is 5.11 Å². The highest BCUT2D eigenvalue weighted by Crippen LogP contribution is 1.96. The minimum atomic E-state index is -0.372. The van der Waals surface area contributed by atoms with Crippen molar-refractivity contribution in [1.29, 1.82) is 0 Å². The smallest absolute Gasteiger partial charge is 0.224 e. The van der Waals surface area contributed by atoms with Crippen LogP contribution >= 0.6 is 0 Å². The van der Waals surface area contributed by atoms with Gasteiger partial charge in [0.25, 0.3) is 0 Å². The summed E-state index contributed by atoms with van der Waals surface area (Å²) in [6.07, 6.45) is 3.90. The Hall–Kier alpha value is -1.42.